The highest BCUT2D eigenvalue weighted by Crippen LogP contribution is 2.23. The fraction of sp³-hybridized carbons (Fsp3) is 0.417. The normalized spacial score (nSPS) is 13.0. The van der Waals surface area contributed by atoms with Gasteiger partial charge in [-0.15, -0.1) is 0 Å². The van der Waals surface area contributed by atoms with Crippen LogP contribution < -0.4 is 4.72 Å². The number of ether oxygens (including phenoxy) is 1. The van der Waals surface area contributed by atoms with E-state index >= 15 is 0 Å². The standard InChI is InChI=1S/C12H16ClNO5S/c1-3-9(15)7-14-20(17,18)11-6-8(12(16)19-2)4-5-10(11)13/h4-6,9,14-15H,3,7H2,1-2H3. The second-order valence-corrected chi connectivity index (χ2v) is 6.19. The zero-order valence-corrected chi connectivity index (χ0v) is 12.7. The molecule has 0 amide bonds. The van der Waals surface area contributed by atoms with Gasteiger partial charge in [0.1, 0.15) is 4.90 Å². The first kappa shape index (κ1) is 16.9. The lowest BCUT2D eigenvalue weighted by Gasteiger charge is -2.12. The minimum Gasteiger partial charge on any atom is -0.465 e. The first-order chi connectivity index (χ1) is 9.31. The van der Waals surface area contributed by atoms with Crippen molar-refractivity contribution < 1.29 is 23.1 Å². The van der Waals surface area contributed by atoms with E-state index < -0.39 is 22.1 Å². The van der Waals surface area contributed by atoms with Crippen molar-refractivity contribution in [2.45, 2.75) is 24.3 Å². The van der Waals surface area contributed by atoms with Crippen LogP contribution in [0.15, 0.2) is 23.1 Å². The molecule has 0 bridgehead atoms. The maximum atomic E-state index is 12.1. The number of carbonyl (C=O) groups is 1. The molecule has 0 spiro atoms. The number of aliphatic hydroxyl groups is 1. The van der Waals surface area contributed by atoms with E-state index in [4.69, 9.17) is 11.6 Å². The highest BCUT2D eigenvalue weighted by atomic mass is 35.5. The van der Waals surface area contributed by atoms with Crippen LogP contribution in [0.3, 0.4) is 0 Å². The van der Waals surface area contributed by atoms with Crippen molar-refractivity contribution in [3.8, 4) is 0 Å². The molecule has 1 atom stereocenters. The van der Waals surface area contributed by atoms with Crippen LogP contribution in [0.2, 0.25) is 5.02 Å². The van der Waals surface area contributed by atoms with E-state index in [0.29, 0.717) is 6.42 Å². The molecule has 0 saturated carbocycles. The molecule has 0 radical (unpaired) electrons. The van der Waals surface area contributed by atoms with Crippen molar-refractivity contribution in [1.82, 2.24) is 4.72 Å². The van der Waals surface area contributed by atoms with Crippen LogP contribution in [0.4, 0.5) is 0 Å². The number of hydrogen-bond donors (Lipinski definition) is 2. The Balaban J connectivity index is 3.07. The van der Waals surface area contributed by atoms with Gasteiger partial charge in [-0.3, -0.25) is 0 Å². The molecule has 0 aliphatic heterocycles. The molecule has 6 nitrogen and oxygen atoms in total. The van der Waals surface area contributed by atoms with Gasteiger partial charge >= 0.3 is 5.97 Å². The first-order valence-corrected chi connectivity index (χ1v) is 7.73. The lowest BCUT2D eigenvalue weighted by molar-refractivity contribution is 0.0600. The van der Waals surface area contributed by atoms with Gasteiger partial charge in [0.2, 0.25) is 10.0 Å². The summed E-state index contributed by atoms with van der Waals surface area (Å²) in [4.78, 5) is 11.2. The van der Waals surface area contributed by atoms with E-state index in [9.17, 15) is 18.3 Å². The smallest absolute Gasteiger partial charge is 0.337 e. The molecule has 2 N–H and O–H groups in total. The summed E-state index contributed by atoms with van der Waals surface area (Å²) in [6.07, 6.45) is -0.370. The molecule has 1 unspecified atom stereocenters. The highest BCUT2D eigenvalue weighted by Gasteiger charge is 2.21. The second-order valence-electron chi connectivity index (χ2n) is 4.05. The van der Waals surface area contributed by atoms with Gasteiger partial charge in [-0.1, -0.05) is 18.5 Å². The van der Waals surface area contributed by atoms with Crippen LogP contribution in [-0.4, -0.2) is 39.3 Å². The van der Waals surface area contributed by atoms with Crippen LogP contribution in [-0.2, 0) is 14.8 Å². The molecular weight excluding hydrogens is 306 g/mol. The van der Waals surface area contributed by atoms with Crippen molar-refractivity contribution in [1.29, 1.82) is 0 Å². The van der Waals surface area contributed by atoms with Gasteiger partial charge in [-0.05, 0) is 24.6 Å². The third-order valence-corrected chi connectivity index (χ3v) is 4.53. The summed E-state index contributed by atoms with van der Waals surface area (Å²) in [5.74, 6) is -0.660. The average Bonchev–Trinajstić information content (AvgIpc) is 2.44. The van der Waals surface area contributed by atoms with Gasteiger partial charge in [-0.2, -0.15) is 0 Å². The second kappa shape index (κ2) is 7.03. The summed E-state index contributed by atoms with van der Waals surface area (Å²) in [5, 5.41) is 9.37. The number of nitrogens with one attached hydrogen (secondary N) is 1. The molecule has 1 aromatic carbocycles. The van der Waals surface area contributed by atoms with Gasteiger partial charge < -0.3 is 9.84 Å². The molecule has 1 rings (SSSR count). The molecule has 0 fully saturated rings. The molecule has 1 aromatic rings. The summed E-state index contributed by atoms with van der Waals surface area (Å²) in [5.41, 5.74) is 0.0771. The van der Waals surface area contributed by atoms with E-state index in [2.05, 4.69) is 9.46 Å². The number of sulfonamides is 1. The van der Waals surface area contributed by atoms with E-state index in [1.165, 1.54) is 19.2 Å². The molecule has 0 aliphatic carbocycles. The van der Waals surface area contributed by atoms with Gasteiger partial charge in [-0.25, -0.2) is 17.9 Å². The number of halogens is 1. The predicted molar refractivity (Wildman–Crippen MR) is 74.3 cm³/mol. The van der Waals surface area contributed by atoms with E-state index in [-0.39, 0.29) is 22.0 Å². The van der Waals surface area contributed by atoms with Crippen LogP contribution in [0.25, 0.3) is 0 Å². The lowest BCUT2D eigenvalue weighted by Crippen LogP contribution is -2.32. The molecule has 0 saturated heterocycles. The molecule has 0 heterocycles. The van der Waals surface area contributed by atoms with Crippen molar-refractivity contribution in [3.05, 3.63) is 28.8 Å². The Bertz CT molecular complexity index is 588. The van der Waals surface area contributed by atoms with Gasteiger partial charge in [0.25, 0.3) is 0 Å². The van der Waals surface area contributed by atoms with Crippen LogP contribution in [0.5, 0.6) is 0 Å². The third kappa shape index (κ3) is 4.17. The summed E-state index contributed by atoms with van der Waals surface area (Å²) in [6.45, 7) is 1.60. The van der Waals surface area contributed by atoms with E-state index in [1.54, 1.807) is 6.92 Å². The maximum Gasteiger partial charge on any atom is 0.337 e. The lowest BCUT2D eigenvalue weighted by atomic mass is 10.2. The summed E-state index contributed by atoms with van der Waals surface area (Å²) < 4.78 is 30.9. The third-order valence-electron chi connectivity index (χ3n) is 2.62. The summed E-state index contributed by atoms with van der Waals surface area (Å²) >= 11 is 5.84. The maximum absolute atomic E-state index is 12.1. The van der Waals surface area contributed by atoms with Crippen LogP contribution in [0, 0.1) is 0 Å². The Morgan fingerprint density at radius 3 is 2.70 bits per heavy atom. The fourth-order valence-electron chi connectivity index (χ4n) is 1.38. The van der Waals surface area contributed by atoms with E-state index in [0.717, 1.165) is 6.07 Å². The van der Waals surface area contributed by atoms with Crippen LogP contribution in [0.1, 0.15) is 23.7 Å². The highest BCUT2D eigenvalue weighted by molar-refractivity contribution is 7.89. The van der Waals surface area contributed by atoms with Gasteiger partial charge in [0.05, 0.1) is 23.8 Å². The Morgan fingerprint density at radius 1 is 1.50 bits per heavy atom. The number of benzene rings is 1. The zero-order valence-electron chi connectivity index (χ0n) is 11.1. The Kier molecular flexibility index (Phi) is 5.94. The van der Waals surface area contributed by atoms with E-state index in [1.807, 2.05) is 0 Å². The fourth-order valence-corrected chi connectivity index (χ4v) is 2.98. The first-order valence-electron chi connectivity index (χ1n) is 5.87. The summed E-state index contributed by atoms with van der Waals surface area (Å²) in [7, 11) is -2.71. The minimum atomic E-state index is -3.91. The summed E-state index contributed by atoms with van der Waals surface area (Å²) in [6, 6.07) is 3.81. The topological polar surface area (TPSA) is 92.7 Å². The number of carbonyl (C=O) groups excluding carboxylic acids is 1. The van der Waals surface area contributed by atoms with Crippen molar-refractivity contribution in [3.63, 3.8) is 0 Å². The Morgan fingerprint density at radius 2 is 2.15 bits per heavy atom. The van der Waals surface area contributed by atoms with Crippen molar-refractivity contribution >= 4 is 27.6 Å². The van der Waals surface area contributed by atoms with Gasteiger partial charge in [0, 0.05) is 6.54 Å². The molecule has 8 heteroatoms. The molecule has 20 heavy (non-hydrogen) atoms. The molecule has 0 aromatic heterocycles. The monoisotopic (exact) mass is 321 g/mol. The van der Waals surface area contributed by atoms with Crippen molar-refractivity contribution in [2.24, 2.45) is 0 Å². The largest absolute Gasteiger partial charge is 0.465 e. The minimum absolute atomic E-state index is 0.0175. The van der Waals surface area contributed by atoms with Crippen LogP contribution >= 0.6 is 11.6 Å². The quantitative estimate of drug-likeness (QED) is 0.767. The zero-order chi connectivity index (χ0) is 15.3. The number of methoxy groups -OCH3 is 1. The van der Waals surface area contributed by atoms with Crippen molar-refractivity contribution in [2.75, 3.05) is 13.7 Å². The number of hydrogen-bond acceptors (Lipinski definition) is 5. The number of rotatable bonds is 6. The average molecular weight is 322 g/mol. The Hall–Kier alpha value is -1.15. The SMILES string of the molecule is CCC(O)CNS(=O)(=O)c1cc(C(=O)OC)ccc1Cl. The molecular formula is C12H16ClNO5S. The molecule has 0 aliphatic rings. The molecule has 112 valence electrons. The number of aliphatic hydroxyl groups excluding tert-OH is 1. The Labute approximate surface area is 122 Å². The predicted octanol–water partition coefficient (Wildman–Crippen LogP) is 1.18. The number of esters is 1. The van der Waals surface area contributed by atoms with Gasteiger partial charge in [0.15, 0.2) is 0 Å².